The first-order valence-electron chi connectivity index (χ1n) is 9.35. The second-order valence-corrected chi connectivity index (χ2v) is 8.33. The Morgan fingerprint density at radius 2 is 0.862 bits per heavy atom. The van der Waals surface area contributed by atoms with Crippen LogP contribution in [-0.4, -0.2) is 33.6 Å². The quantitative estimate of drug-likeness (QED) is 0.310. The maximum atomic E-state index is 9.51. The highest BCUT2D eigenvalue weighted by atomic mass is 79.9. The van der Waals surface area contributed by atoms with Gasteiger partial charge in [0.1, 0.15) is 11.5 Å². The molecule has 8 heteroatoms. The van der Waals surface area contributed by atoms with Crippen LogP contribution in [0.5, 0.6) is 11.5 Å². The lowest BCUT2D eigenvalue weighted by molar-refractivity contribution is 0.235. The first-order valence-corrected chi connectivity index (χ1v) is 10.9. The van der Waals surface area contributed by atoms with Gasteiger partial charge in [-0.25, -0.2) is 0 Å². The summed E-state index contributed by atoms with van der Waals surface area (Å²) in [6.45, 7) is 0.270. The maximum absolute atomic E-state index is 9.51. The van der Waals surface area contributed by atoms with Crippen molar-refractivity contribution in [2.24, 2.45) is 0 Å². The number of benzene rings is 2. The van der Waals surface area contributed by atoms with E-state index in [1.165, 1.54) is 0 Å². The van der Waals surface area contributed by atoms with Crippen LogP contribution in [0.1, 0.15) is 41.5 Å². The van der Waals surface area contributed by atoms with Crippen LogP contribution in [0.4, 0.5) is 0 Å². The van der Waals surface area contributed by atoms with Crippen molar-refractivity contribution in [3.63, 3.8) is 0 Å². The molecule has 0 aliphatic rings. The second-order valence-electron chi connectivity index (χ2n) is 6.50. The molecule has 2 aromatic rings. The summed E-state index contributed by atoms with van der Waals surface area (Å²) in [4.78, 5) is 0. The van der Waals surface area contributed by atoms with E-state index in [0.717, 1.165) is 28.2 Å². The summed E-state index contributed by atoms with van der Waals surface area (Å²) >= 11 is 6.71. The molecule has 0 bridgehead atoms. The van der Waals surface area contributed by atoms with E-state index in [4.69, 9.17) is 9.47 Å². The van der Waals surface area contributed by atoms with Crippen LogP contribution in [0.2, 0.25) is 0 Å². The third-order valence-corrected chi connectivity index (χ3v) is 5.29. The first kappa shape index (κ1) is 24.1. The van der Waals surface area contributed by atoms with E-state index in [1.807, 2.05) is 0 Å². The number of aliphatic hydroxyl groups is 4. The summed E-state index contributed by atoms with van der Waals surface area (Å²) in [7, 11) is 0. The zero-order chi connectivity index (χ0) is 21.2. The maximum Gasteiger partial charge on any atom is 0.130 e. The topological polar surface area (TPSA) is 99.4 Å². The molecule has 0 aromatic heterocycles. The van der Waals surface area contributed by atoms with E-state index >= 15 is 0 Å². The van der Waals surface area contributed by atoms with Gasteiger partial charge in [-0.05, 0) is 43.5 Å². The summed E-state index contributed by atoms with van der Waals surface area (Å²) in [5.74, 6) is 1.06. The highest BCUT2D eigenvalue weighted by Gasteiger charge is 2.12. The molecule has 0 saturated heterocycles. The Morgan fingerprint density at radius 3 is 1.14 bits per heavy atom. The molecule has 0 radical (unpaired) electrons. The van der Waals surface area contributed by atoms with Crippen LogP contribution in [0.15, 0.2) is 33.2 Å². The molecule has 0 saturated carbocycles. The molecule has 0 spiro atoms. The Balaban J connectivity index is 1.81. The number of ether oxygens (including phenoxy) is 2. The molecule has 0 aliphatic carbocycles. The number of halogens is 2. The lowest BCUT2D eigenvalue weighted by atomic mass is 10.1. The summed E-state index contributed by atoms with van der Waals surface area (Å²) < 4.78 is 13.2. The largest absolute Gasteiger partial charge is 0.493 e. The Labute approximate surface area is 187 Å². The van der Waals surface area contributed by atoms with E-state index < -0.39 is 0 Å². The van der Waals surface area contributed by atoms with E-state index in [1.54, 1.807) is 24.3 Å². The zero-order valence-electron chi connectivity index (χ0n) is 16.0. The Hall–Kier alpha value is -1.16. The van der Waals surface area contributed by atoms with Gasteiger partial charge in [-0.15, -0.1) is 0 Å². The van der Waals surface area contributed by atoms with E-state index in [-0.39, 0.29) is 26.4 Å². The Kier molecular flexibility index (Phi) is 10.4. The molecule has 29 heavy (non-hydrogen) atoms. The molecule has 2 aromatic carbocycles. The number of unbranched alkanes of at least 4 members (excludes halogenated alkanes) is 2. The molecule has 2 rings (SSSR count). The predicted octanol–water partition coefficient (Wildman–Crippen LogP) is 3.81. The molecule has 6 nitrogen and oxygen atoms in total. The van der Waals surface area contributed by atoms with Crippen molar-refractivity contribution in [3.05, 3.63) is 55.5 Å². The molecule has 0 aliphatic heterocycles. The van der Waals surface area contributed by atoms with Gasteiger partial charge in [-0.1, -0.05) is 31.9 Å². The van der Waals surface area contributed by atoms with E-state index in [0.29, 0.717) is 47.0 Å². The van der Waals surface area contributed by atoms with Crippen molar-refractivity contribution in [1.82, 2.24) is 0 Å². The van der Waals surface area contributed by atoms with Crippen LogP contribution >= 0.6 is 31.9 Å². The minimum atomic E-state index is -0.164. The smallest absolute Gasteiger partial charge is 0.130 e. The van der Waals surface area contributed by atoms with Crippen LogP contribution in [0.25, 0.3) is 0 Å². The molecule has 4 N–H and O–H groups in total. The highest BCUT2D eigenvalue weighted by molar-refractivity contribution is 9.10. The lowest BCUT2D eigenvalue weighted by Gasteiger charge is -2.16. The van der Waals surface area contributed by atoms with Gasteiger partial charge in [-0.3, -0.25) is 0 Å². The van der Waals surface area contributed by atoms with Gasteiger partial charge in [0.2, 0.25) is 0 Å². The van der Waals surface area contributed by atoms with Crippen LogP contribution in [0.3, 0.4) is 0 Å². The first-order chi connectivity index (χ1) is 14.0. The molecular formula is C21H26Br2O6. The molecule has 0 amide bonds. The van der Waals surface area contributed by atoms with Gasteiger partial charge in [0.15, 0.2) is 0 Å². The number of rotatable bonds is 12. The standard InChI is InChI=1S/C21H26Br2O6/c22-18-6-14(10-24)20(15(7-18)11-25)28-4-2-1-3-5-29-21-16(12-26)8-19(23)9-17(21)13-27/h6-9,24-27H,1-5,10-13H2. The minimum Gasteiger partial charge on any atom is -0.493 e. The summed E-state index contributed by atoms with van der Waals surface area (Å²) in [5, 5.41) is 38.0. The Bertz CT molecular complexity index is 681. The van der Waals surface area contributed by atoms with Crippen LogP contribution in [-0.2, 0) is 26.4 Å². The van der Waals surface area contributed by atoms with E-state index in [9.17, 15) is 20.4 Å². The average molecular weight is 534 g/mol. The SMILES string of the molecule is OCc1cc(Br)cc(CO)c1OCCCCCOc1c(CO)cc(Br)cc1CO. The van der Waals surface area contributed by atoms with Crippen molar-refractivity contribution in [3.8, 4) is 11.5 Å². The van der Waals surface area contributed by atoms with Crippen molar-refractivity contribution in [1.29, 1.82) is 0 Å². The summed E-state index contributed by atoms with van der Waals surface area (Å²) in [6, 6.07) is 7.10. The van der Waals surface area contributed by atoms with Gasteiger partial charge in [0.05, 0.1) is 39.6 Å². The normalized spacial score (nSPS) is 11.0. The van der Waals surface area contributed by atoms with Crippen molar-refractivity contribution >= 4 is 31.9 Å². The van der Waals surface area contributed by atoms with Gasteiger partial charge in [-0.2, -0.15) is 0 Å². The zero-order valence-corrected chi connectivity index (χ0v) is 19.2. The molecule has 0 fully saturated rings. The third kappa shape index (κ3) is 6.94. The number of hydrogen-bond donors (Lipinski definition) is 4. The van der Waals surface area contributed by atoms with Crippen LogP contribution in [0, 0.1) is 0 Å². The number of hydrogen-bond acceptors (Lipinski definition) is 6. The van der Waals surface area contributed by atoms with Gasteiger partial charge >= 0.3 is 0 Å². The summed E-state index contributed by atoms with van der Waals surface area (Å²) in [6.07, 6.45) is 2.43. The van der Waals surface area contributed by atoms with Crippen molar-refractivity contribution in [2.75, 3.05) is 13.2 Å². The molecule has 0 heterocycles. The third-order valence-electron chi connectivity index (χ3n) is 4.38. The monoisotopic (exact) mass is 532 g/mol. The van der Waals surface area contributed by atoms with Crippen LogP contribution < -0.4 is 9.47 Å². The molecule has 160 valence electrons. The molecule has 0 unspecified atom stereocenters. The molecule has 0 atom stereocenters. The lowest BCUT2D eigenvalue weighted by Crippen LogP contribution is -2.06. The fourth-order valence-corrected chi connectivity index (χ4v) is 4.10. The number of aliphatic hydroxyl groups excluding tert-OH is 4. The van der Waals surface area contributed by atoms with Crippen molar-refractivity contribution < 1.29 is 29.9 Å². The molecular weight excluding hydrogens is 508 g/mol. The fourth-order valence-electron chi connectivity index (χ4n) is 2.99. The van der Waals surface area contributed by atoms with Gasteiger partial charge in [0, 0.05) is 31.2 Å². The van der Waals surface area contributed by atoms with Gasteiger partial charge < -0.3 is 29.9 Å². The minimum absolute atomic E-state index is 0.164. The van der Waals surface area contributed by atoms with Crippen molar-refractivity contribution in [2.45, 2.75) is 45.7 Å². The predicted molar refractivity (Wildman–Crippen MR) is 117 cm³/mol. The highest BCUT2D eigenvalue weighted by Crippen LogP contribution is 2.30. The van der Waals surface area contributed by atoms with Gasteiger partial charge in [0.25, 0.3) is 0 Å². The average Bonchev–Trinajstić information content (AvgIpc) is 2.73. The van der Waals surface area contributed by atoms with E-state index in [2.05, 4.69) is 31.9 Å². The fraction of sp³-hybridized carbons (Fsp3) is 0.429. The second kappa shape index (κ2) is 12.5. The Morgan fingerprint density at radius 1 is 0.552 bits per heavy atom. The summed E-state index contributed by atoms with van der Waals surface area (Å²) in [5.41, 5.74) is 2.54.